The van der Waals surface area contributed by atoms with Crippen molar-refractivity contribution in [2.45, 2.75) is 26.2 Å². The number of nitrogens with one attached hydrogen (secondary N) is 1. The molecule has 2 atom stereocenters. The summed E-state index contributed by atoms with van der Waals surface area (Å²) in [6.07, 6.45) is 3.97. The van der Waals surface area contributed by atoms with Gasteiger partial charge in [0.1, 0.15) is 18.0 Å². The minimum atomic E-state index is -0.0629. The van der Waals surface area contributed by atoms with Crippen molar-refractivity contribution in [3.63, 3.8) is 0 Å². The summed E-state index contributed by atoms with van der Waals surface area (Å²) in [5.41, 5.74) is 1.75. The second-order valence-corrected chi connectivity index (χ2v) is 5.04. The van der Waals surface area contributed by atoms with E-state index in [-0.39, 0.29) is 17.7 Å². The molecule has 1 aliphatic rings. The number of hydrogen-bond acceptors (Lipinski definition) is 5. The highest BCUT2D eigenvalue weighted by molar-refractivity contribution is 5.94. The Balaban J connectivity index is 1.66. The van der Waals surface area contributed by atoms with Crippen LogP contribution in [0.5, 0.6) is 0 Å². The summed E-state index contributed by atoms with van der Waals surface area (Å²) < 4.78 is 0. The van der Waals surface area contributed by atoms with Crippen LogP contribution in [0.1, 0.15) is 29.6 Å². The molecule has 1 fully saturated rings. The maximum atomic E-state index is 12.1. The molecule has 0 saturated heterocycles. The van der Waals surface area contributed by atoms with Gasteiger partial charge in [0, 0.05) is 35.5 Å². The van der Waals surface area contributed by atoms with Crippen LogP contribution in [0.3, 0.4) is 0 Å². The minimum Gasteiger partial charge on any atom is -0.310 e. The van der Waals surface area contributed by atoms with Crippen LogP contribution in [-0.4, -0.2) is 25.8 Å². The molecular formula is C14H15N5O. The Kier molecular flexibility index (Phi) is 3.14. The van der Waals surface area contributed by atoms with Gasteiger partial charge in [-0.3, -0.25) is 4.79 Å². The number of nitrogens with zero attached hydrogens (tertiary/aromatic N) is 4. The molecule has 2 aromatic heterocycles. The fraction of sp³-hybridized carbons (Fsp3) is 0.357. The van der Waals surface area contributed by atoms with Gasteiger partial charge in [-0.25, -0.2) is 19.9 Å². The van der Waals surface area contributed by atoms with Gasteiger partial charge in [0.05, 0.1) is 0 Å². The lowest BCUT2D eigenvalue weighted by molar-refractivity contribution is -0.117. The van der Waals surface area contributed by atoms with Gasteiger partial charge >= 0.3 is 0 Å². The zero-order valence-electron chi connectivity index (χ0n) is 11.4. The highest BCUT2D eigenvalue weighted by atomic mass is 16.2. The van der Waals surface area contributed by atoms with E-state index >= 15 is 0 Å². The van der Waals surface area contributed by atoms with Crippen LogP contribution in [0, 0.1) is 19.8 Å². The van der Waals surface area contributed by atoms with Crippen LogP contribution < -0.4 is 5.32 Å². The number of anilines is 1. The molecule has 0 aliphatic heterocycles. The first-order valence-corrected chi connectivity index (χ1v) is 6.52. The maximum Gasteiger partial charge on any atom is 0.229 e. The number of carbonyl (C=O) groups is 1. The predicted molar refractivity (Wildman–Crippen MR) is 73.0 cm³/mol. The molecule has 0 radical (unpaired) electrons. The molecule has 1 aliphatic carbocycles. The molecular weight excluding hydrogens is 254 g/mol. The highest BCUT2D eigenvalue weighted by Gasteiger charge is 2.46. The van der Waals surface area contributed by atoms with E-state index in [0.717, 1.165) is 23.6 Å². The fourth-order valence-electron chi connectivity index (χ4n) is 2.16. The predicted octanol–water partition coefficient (Wildman–Crippen LogP) is 1.63. The molecule has 6 nitrogen and oxygen atoms in total. The standard InChI is InChI=1S/C14H15N5O/c1-8-3-4-15-13(18-8)10-6-11(10)14(20)19-12-5-9(2)16-7-17-12/h3-5,7,10-11H,6H2,1-2H3,(H,16,17,19,20)/t10-,11-/m0/s1. The number of hydrogen-bond donors (Lipinski definition) is 1. The summed E-state index contributed by atoms with van der Waals surface area (Å²) in [7, 11) is 0. The molecule has 2 aromatic rings. The van der Waals surface area contributed by atoms with Gasteiger partial charge in [0.15, 0.2) is 0 Å². The second-order valence-electron chi connectivity index (χ2n) is 5.04. The molecule has 0 bridgehead atoms. The van der Waals surface area contributed by atoms with Gasteiger partial charge in [0.25, 0.3) is 0 Å². The van der Waals surface area contributed by atoms with Gasteiger partial charge < -0.3 is 5.32 Å². The largest absolute Gasteiger partial charge is 0.310 e. The fourth-order valence-corrected chi connectivity index (χ4v) is 2.16. The summed E-state index contributed by atoms with van der Waals surface area (Å²) >= 11 is 0. The SMILES string of the molecule is Cc1cc(NC(=O)[C@H]2C[C@@H]2c2nccc(C)n2)ncn1. The van der Waals surface area contributed by atoms with E-state index < -0.39 is 0 Å². The van der Waals surface area contributed by atoms with Gasteiger partial charge in [-0.05, 0) is 26.3 Å². The first-order chi connectivity index (χ1) is 9.63. The van der Waals surface area contributed by atoms with Crippen LogP contribution in [0.15, 0.2) is 24.7 Å². The van der Waals surface area contributed by atoms with E-state index in [4.69, 9.17) is 0 Å². The smallest absolute Gasteiger partial charge is 0.229 e. The highest BCUT2D eigenvalue weighted by Crippen LogP contribution is 2.46. The van der Waals surface area contributed by atoms with E-state index in [9.17, 15) is 4.79 Å². The lowest BCUT2D eigenvalue weighted by Crippen LogP contribution is -2.16. The molecule has 1 N–H and O–H groups in total. The van der Waals surface area contributed by atoms with Crippen molar-refractivity contribution >= 4 is 11.7 Å². The molecule has 1 amide bonds. The zero-order chi connectivity index (χ0) is 14.1. The van der Waals surface area contributed by atoms with Crippen LogP contribution in [0.25, 0.3) is 0 Å². The topological polar surface area (TPSA) is 80.7 Å². The lowest BCUT2D eigenvalue weighted by atomic mass is 10.2. The van der Waals surface area contributed by atoms with E-state index in [1.807, 2.05) is 19.9 Å². The third-order valence-electron chi connectivity index (χ3n) is 3.33. The molecule has 3 rings (SSSR count). The summed E-state index contributed by atoms with van der Waals surface area (Å²) in [5, 5.41) is 2.81. The van der Waals surface area contributed by atoms with Crippen molar-refractivity contribution in [3.8, 4) is 0 Å². The molecule has 0 spiro atoms. The Morgan fingerprint density at radius 1 is 1.25 bits per heavy atom. The Morgan fingerprint density at radius 2 is 2.10 bits per heavy atom. The summed E-state index contributed by atoms with van der Waals surface area (Å²) in [4.78, 5) is 28.8. The molecule has 102 valence electrons. The average Bonchev–Trinajstić information content (AvgIpc) is 3.19. The van der Waals surface area contributed by atoms with Crippen LogP contribution >= 0.6 is 0 Å². The third kappa shape index (κ3) is 2.64. The van der Waals surface area contributed by atoms with Gasteiger partial charge in [-0.1, -0.05) is 0 Å². The molecule has 1 saturated carbocycles. The Morgan fingerprint density at radius 3 is 2.85 bits per heavy atom. The molecule has 6 heteroatoms. The Hall–Kier alpha value is -2.37. The van der Waals surface area contributed by atoms with Gasteiger partial charge in [0.2, 0.25) is 5.91 Å². The maximum absolute atomic E-state index is 12.1. The summed E-state index contributed by atoms with van der Waals surface area (Å²) in [6, 6.07) is 3.60. The van der Waals surface area contributed by atoms with Crippen LogP contribution in [-0.2, 0) is 4.79 Å². The van der Waals surface area contributed by atoms with Crippen molar-refractivity contribution in [3.05, 3.63) is 41.9 Å². The molecule has 0 unspecified atom stereocenters. The van der Waals surface area contributed by atoms with Crippen LogP contribution in [0.2, 0.25) is 0 Å². The van der Waals surface area contributed by atoms with Crippen molar-refractivity contribution in [2.75, 3.05) is 5.32 Å². The van der Waals surface area contributed by atoms with Crippen molar-refractivity contribution in [2.24, 2.45) is 5.92 Å². The van der Waals surface area contributed by atoms with E-state index in [1.54, 1.807) is 12.3 Å². The second kappa shape index (κ2) is 4.96. The summed E-state index contributed by atoms with van der Waals surface area (Å²) in [6.45, 7) is 3.78. The number of aryl methyl sites for hydroxylation is 2. The van der Waals surface area contributed by atoms with E-state index in [0.29, 0.717) is 5.82 Å². The zero-order valence-corrected chi connectivity index (χ0v) is 11.4. The van der Waals surface area contributed by atoms with Crippen LogP contribution in [0.4, 0.5) is 5.82 Å². The Bertz CT molecular complexity index is 658. The molecule has 2 heterocycles. The van der Waals surface area contributed by atoms with Crippen molar-refractivity contribution in [1.29, 1.82) is 0 Å². The van der Waals surface area contributed by atoms with E-state index in [1.165, 1.54) is 6.33 Å². The van der Waals surface area contributed by atoms with Gasteiger partial charge in [-0.2, -0.15) is 0 Å². The monoisotopic (exact) mass is 269 g/mol. The Labute approximate surface area is 116 Å². The average molecular weight is 269 g/mol. The number of aromatic nitrogens is 4. The van der Waals surface area contributed by atoms with Crippen molar-refractivity contribution < 1.29 is 4.79 Å². The van der Waals surface area contributed by atoms with Gasteiger partial charge in [-0.15, -0.1) is 0 Å². The molecule has 0 aromatic carbocycles. The number of rotatable bonds is 3. The first-order valence-electron chi connectivity index (χ1n) is 6.52. The quantitative estimate of drug-likeness (QED) is 0.915. The first kappa shape index (κ1) is 12.7. The van der Waals surface area contributed by atoms with E-state index in [2.05, 4.69) is 25.3 Å². The molecule has 20 heavy (non-hydrogen) atoms. The number of carbonyl (C=O) groups excluding carboxylic acids is 1. The number of amides is 1. The van der Waals surface area contributed by atoms with Crippen molar-refractivity contribution in [1.82, 2.24) is 19.9 Å². The lowest BCUT2D eigenvalue weighted by Gasteiger charge is -2.04. The minimum absolute atomic E-state index is 0.0294. The summed E-state index contributed by atoms with van der Waals surface area (Å²) in [5.74, 6) is 1.32. The third-order valence-corrected chi connectivity index (χ3v) is 3.33. The normalized spacial score (nSPS) is 20.5.